The molecule has 3 heteroatoms. The minimum atomic E-state index is -0.711. The Morgan fingerprint density at radius 1 is 1.29 bits per heavy atom. The molecule has 0 heterocycles. The molecule has 1 rings (SSSR count). The van der Waals surface area contributed by atoms with Crippen molar-refractivity contribution in [2.24, 2.45) is 10.8 Å². The number of carboxylic acids is 1. The molecule has 0 aromatic rings. The molecule has 1 aliphatic carbocycles. The maximum absolute atomic E-state index is 11.3. The van der Waals surface area contributed by atoms with E-state index in [2.05, 4.69) is 0 Å². The van der Waals surface area contributed by atoms with Gasteiger partial charge in [-0.05, 0) is 31.1 Å². The van der Waals surface area contributed by atoms with E-state index in [1.807, 2.05) is 20.8 Å². The Bertz CT molecular complexity index is 219. The molecule has 1 fully saturated rings. The zero-order valence-electron chi connectivity index (χ0n) is 9.21. The van der Waals surface area contributed by atoms with Gasteiger partial charge in [0.05, 0.1) is 11.5 Å². The van der Waals surface area contributed by atoms with Gasteiger partial charge in [0.1, 0.15) is 0 Å². The zero-order chi connectivity index (χ0) is 11.0. The lowest BCUT2D eigenvalue weighted by Crippen LogP contribution is -2.46. The second-order valence-electron chi connectivity index (χ2n) is 5.37. The summed E-state index contributed by atoms with van der Waals surface area (Å²) in [5, 5.41) is 18.7. The lowest BCUT2D eigenvalue weighted by molar-refractivity contribution is -0.161. The number of aliphatic carboxylic acids is 1. The fourth-order valence-electron chi connectivity index (χ4n) is 2.38. The first-order valence-electron chi connectivity index (χ1n) is 5.21. The minimum absolute atomic E-state index is 0.237. The van der Waals surface area contributed by atoms with Crippen molar-refractivity contribution in [1.29, 1.82) is 0 Å². The van der Waals surface area contributed by atoms with Gasteiger partial charge in [0.25, 0.3) is 0 Å². The van der Waals surface area contributed by atoms with E-state index in [9.17, 15) is 15.0 Å². The first kappa shape index (κ1) is 11.5. The van der Waals surface area contributed by atoms with Crippen LogP contribution < -0.4 is 0 Å². The van der Waals surface area contributed by atoms with Crippen LogP contribution in [0.5, 0.6) is 0 Å². The lowest BCUT2D eigenvalue weighted by atomic mass is 9.59. The van der Waals surface area contributed by atoms with Crippen molar-refractivity contribution in [1.82, 2.24) is 0 Å². The molecule has 0 aromatic heterocycles. The van der Waals surface area contributed by atoms with Crippen LogP contribution >= 0.6 is 0 Å². The summed E-state index contributed by atoms with van der Waals surface area (Å²) >= 11 is 0. The van der Waals surface area contributed by atoms with Crippen LogP contribution in [0.4, 0.5) is 0 Å². The molecule has 0 aromatic carbocycles. The summed E-state index contributed by atoms with van der Waals surface area (Å²) in [6.45, 7) is 5.91. The quantitative estimate of drug-likeness (QED) is 0.681. The molecule has 0 saturated heterocycles. The maximum atomic E-state index is 11.3. The molecule has 0 radical (unpaired) electrons. The number of hydrogen-bond acceptors (Lipinski definition) is 2. The van der Waals surface area contributed by atoms with Gasteiger partial charge in [-0.25, -0.2) is 0 Å². The van der Waals surface area contributed by atoms with Crippen molar-refractivity contribution in [3.8, 4) is 0 Å². The van der Waals surface area contributed by atoms with Crippen molar-refractivity contribution < 1.29 is 15.0 Å². The first-order valence-corrected chi connectivity index (χ1v) is 5.21. The van der Waals surface area contributed by atoms with Crippen LogP contribution in [0.15, 0.2) is 0 Å². The molecular weight excluding hydrogens is 180 g/mol. The van der Waals surface area contributed by atoms with Crippen LogP contribution in [0.25, 0.3) is 0 Å². The second kappa shape index (κ2) is 3.54. The summed E-state index contributed by atoms with van der Waals surface area (Å²) in [4.78, 5) is 11.3. The normalized spacial score (nSPS) is 34.1. The number of carboxylic acid groups (broad SMARTS) is 1. The van der Waals surface area contributed by atoms with E-state index in [1.54, 1.807) is 0 Å². The Hall–Kier alpha value is -0.570. The van der Waals surface area contributed by atoms with E-state index in [-0.39, 0.29) is 11.5 Å². The zero-order valence-corrected chi connectivity index (χ0v) is 9.21. The van der Waals surface area contributed by atoms with Gasteiger partial charge in [-0.3, -0.25) is 4.79 Å². The summed E-state index contributed by atoms with van der Waals surface area (Å²) in [5.74, 6) is -0.711. The molecule has 14 heavy (non-hydrogen) atoms. The van der Waals surface area contributed by atoms with E-state index in [1.165, 1.54) is 0 Å². The van der Waals surface area contributed by atoms with Crippen LogP contribution in [0.3, 0.4) is 0 Å². The van der Waals surface area contributed by atoms with Crippen LogP contribution in [0, 0.1) is 10.8 Å². The number of hydrogen-bond donors (Lipinski definition) is 2. The van der Waals surface area contributed by atoms with E-state index in [0.29, 0.717) is 25.7 Å². The highest BCUT2D eigenvalue weighted by atomic mass is 16.4. The molecule has 1 saturated carbocycles. The largest absolute Gasteiger partial charge is 0.481 e. The number of aliphatic hydroxyl groups is 1. The minimum Gasteiger partial charge on any atom is -0.481 e. The highest BCUT2D eigenvalue weighted by Gasteiger charge is 2.50. The Kier molecular flexibility index (Phi) is 2.91. The molecule has 82 valence electrons. The van der Waals surface area contributed by atoms with E-state index >= 15 is 0 Å². The van der Waals surface area contributed by atoms with Crippen molar-refractivity contribution >= 4 is 5.97 Å². The maximum Gasteiger partial charge on any atom is 0.310 e. The van der Waals surface area contributed by atoms with Crippen LogP contribution in [-0.4, -0.2) is 22.3 Å². The van der Waals surface area contributed by atoms with Crippen LogP contribution in [0.1, 0.15) is 46.5 Å². The predicted molar refractivity (Wildman–Crippen MR) is 54.0 cm³/mol. The fourth-order valence-corrected chi connectivity index (χ4v) is 2.38. The number of aliphatic hydroxyl groups excluding tert-OH is 1. The molecule has 0 aliphatic heterocycles. The van der Waals surface area contributed by atoms with E-state index < -0.39 is 11.4 Å². The molecule has 1 aliphatic rings. The molecular formula is C11H20O3. The molecule has 0 atom stereocenters. The summed E-state index contributed by atoms with van der Waals surface area (Å²) < 4.78 is 0. The van der Waals surface area contributed by atoms with Gasteiger partial charge in [-0.2, -0.15) is 0 Å². The third kappa shape index (κ3) is 1.78. The predicted octanol–water partition coefficient (Wildman–Crippen LogP) is 2.04. The Morgan fingerprint density at radius 3 is 2.00 bits per heavy atom. The van der Waals surface area contributed by atoms with E-state index in [4.69, 9.17) is 0 Å². The summed E-state index contributed by atoms with van der Waals surface area (Å²) in [7, 11) is 0. The Balaban J connectivity index is 2.90. The first-order chi connectivity index (χ1) is 6.29. The molecule has 2 N–H and O–H groups in total. The second-order valence-corrected chi connectivity index (χ2v) is 5.37. The highest BCUT2D eigenvalue weighted by Crippen LogP contribution is 2.49. The third-order valence-electron chi connectivity index (χ3n) is 3.65. The molecule has 0 amide bonds. The van der Waals surface area contributed by atoms with Crippen molar-refractivity contribution in [2.75, 3.05) is 0 Å². The van der Waals surface area contributed by atoms with Gasteiger partial charge < -0.3 is 10.2 Å². The van der Waals surface area contributed by atoms with Gasteiger partial charge >= 0.3 is 5.97 Å². The highest BCUT2D eigenvalue weighted by molar-refractivity contribution is 5.75. The average Bonchev–Trinajstić information content (AvgIpc) is 2.02. The Morgan fingerprint density at radius 2 is 1.71 bits per heavy atom. The van der Waals surface area contributed by atoms with Gasteiger partial charge in [0.2, 0.25) is 0 Å². The van der Waals surface area contributed by atoms with E-state index in [0.717, 1.165) is 0 Å². The monoisotopic (exact) mass is 200 g/mol. The van der Waals surface area contributed by atoms with Crippen LogP contribution in [0.2, 0.25) is 0 Å². The SMILES string of the molecule is CC(C)(C)C1(C(=O)O)CCC(O)CC1. The average molecular weight is 200 g/mol. The van der Waals surface area contributed by atoms with Gasteiger partial charge in [0, 0.05) is 0 Å². The van der Waals surface area contributed by atoms with Crippen LogP contribution in [-0.2, 0) is 4.79 Å². The van der Waals surface area contributed by atoms with Crippen molar-refractivity contribution in [3.63, 3.8) is 0 Å². The topological polar surface area (TPSA) is 57.5 Å². The Labute approximate surface area is 85.1 Å². The molecule has 0 spiro atoms. The van der Waals surface area contributed by atoms with Gasteiger partial charge in [-0.15, -0.1) is 0 Å². The summed E-state index contributed by atoms with van der Waals surface area (Å²) in [6, 6.07) is 0. The number of carbonyl (C=O) groups is 1. The summed E-state index contributed by atoms with van der Waals surface area (Å²) in [5.41, 5.74) is -0.884. The fraction of sp³-hybridized carbons (Fsp3) is 0.909. The van der Waals surface area contributed by atoms with Crippen molar-refractivity contribution in [3.05, 3.63) is 0 Å². The molecule has 0 unspecified atom stereocenters. The van der Waals surface area contributed by atoms with Gasteiger partial charge in [-0.1, -0.05) is 20.8 Å². The third-order valence-corrected chi connectivity index (χ3v) is 3.65. The molecule has 0 bridgehead atoms. The van der Waals surface area contributed by atoms with Crippen molar-refractivity contribution in [2.45, 2.75) is 52.6 Å². The smallest absolute Gasteiger partial charge is 0.310 e. The number of rotatable bonds is 1. The summed E-state index contributed by atoms with van der Waals surface area (Å²) in [6.07, 6.45) is 2.11. The standard InChI is InChI=1S/C11H20O3/c1-10(2,3)11(9(13)14)6-4-8(12)5-7-11/h8,12H,4-7H2,1-3H3,(H,13,14). The molecule has 3 nitrogen and oxygen atoms in total. The lowest BCUT2D eigenvalue weighted by Gasteiger charge is -2.45. The van der Waals surface area contributed by atoms with Gasteiger partial charge in [0.15, 0.2) is 0 Å².